The van der Waals surface area contributed by atoms with Crippen LogP contribution in [0.25, 0.3) is 0 Å². The predicted octanol–water partition coefficient (Wildman–Crippen LogP) is 4.81. The summed E-state index contributed by atoms with van der Waals surface area (Å²) in [5, 5.41) is 14.7. The van der Waals surface area contributed by atoms with Crippen LogP contribution in [0.2, 0.25) is 5.02 Å². The van der Waals surface area contributed by atoms with Crippen molar-refractivity contribution in [1.82, 2.24) is 5.32 Å². The van der Waals surface area contributed by atoms with E-state index in [4.69, 9.17) is 16.3 Å². The Balaban J connectivity index is 2.20. The Kier molecular flexibility index (Phi) is 6.04. The van der Waals surface area contributed by atoms with Gasteiger partial charge in [0.1, 0.15) is 5.02 Å². The summed E-state index contributed by atoms with van der Waals surface area (Å²) in [5.74, 6) is -1.36. The fourth-order valence-electron chi connectivity index (χ4n) is 4.16. The summed E-state index contributed by atoms with van der Waals surface area (Å²) in [7, 11) is 0. The van der Waals surface area contributed by atoms with E-state index in [1.165, 1.54) is 12.1 Å². The minimum absolute atomic E-state index is 0.00111. The summed E-state index contributed by atoms with van der Waals surface area (Å²) in [4.78, 5) is 37.0. The molecule has 1 heterocycles. The first kappa shape index (κ1) is 22.0. The van der Waals surface area contributed by atoms with Crippen LogP contribution in [0.1, 0.15) is 58.4 Å². The van der Waals surface area contributed by atoms with Crippen molar-refractivity contribution in [2.24, 2.45) is 5.41 Å². The number of benzene rings is 1. The topological polar surface area (TPSA) is 98.5 Å². The third kappa shape index (κ3) is 4.12. The minimum atomic E-state index is -0.745. The molecule has 1 aromatic carbocycles. The molecule has 3 rings (SSSR count). The van der Waals surface area contributed by atoms with Gasteiger partial charge in [-0.1, -0.05) is 38.4 Å². The Morgan fingerprint density at radius 1 is 1.37 bits per heavy atom. The molecule has 0 fully saturated rings. The number of dihydropyridines is 1. The van der Waals surface area contributed by atoms with Gasteiger partial charge in [-0.25, -0.2) is 4.79 Å². The first-order valence-corrected chi connectivity index (χ1v) is 10.3. The van der Waals surface area contributed by atoms with Crippen molar-refractivity contribution in [2.75, 3.05) is 6.61 Å². The smallest absolute Gasteiger partial charge is 0.336 e. The Labute approximate surface area is 180 Å². The zero-order valence-corrected chi connectivity index (χ0v) is 18.3. The maximum atomic E-state index is 13.2. The number of hydrogen-bond donors (Lipinski definition) is 1. The van der Waals surface area contributed by atoms with Crippen molar-refractivity contribution in [1.29, 1.82) is 0 Å². The number of carbonyl (C=O) groups is 2. The van der Waals surface area contributed by atoms with E-state index in [0.717, 1.165) is 5.70 Å². The number of esters is 1. The average molecular weight is 433 g/mol. The van der Waals surface area contributed by atoms with Crippen LogP contribution in [0.15, 0.2) is 40.7 Å². The van der Waals surface area contributed by atoms with Crippen LogP contribution in [-0.2, 0) is 14.3 Å². The fourth-order valence-corrected chi connectivity index (χ4v) is 4.35. The van der Waals surface area contributed by atoms with Crippen molar-refractivity contribution >= 4 is 29.0 Å². The molecule has 30 heavy (non-hydrogen) atoms. The Hall–Kier alpha value is -2.67. The van der Waals surface area contributed by atoms with E-state index >= 15 is 0 Å². The van der Waals surface area contributed by atoms with Crippen LogP contribution in [0, 0.1) is 15.5 Å². The standard InChI is InChI=1S/C22H25ClN2O5/c1-5-8-30-21(27)18-12(2)24-15-10-22(3,4)11-17(26)20(15)19(18)13-6-7-14(23)16(9-13)25(28)29/h6-7,9,19,24H,5,8,10-11H2,1-4H3/t19-/m1/s1. The zero-order valence-electron chi connectivity index (χ0n) is 17.5. The van der Waals surface area contributed by atoms with Gasteiger partial charge in [0.15, 0.2) is 5.78 Å². The second-order valence-electron chi connectivity index (χ2n) is 8.53. The molecule has 0 unspecified atom stereocenters. The van der Waals surface area contributed by atoms with E-state index in [9.17, 15) is 19.7 Å². The van der Waals surface area contributed by atoms with Gasteiger partial charge in [0.05, 0.1) is 17.1 Å². The number of nitrogens with zero attached hydrogens (tertiary/aromatic N) is 1. The van der Waals surface area contributed by atoms with Crippen LogP contribution < -0.4 is 5.32 Å². The van der Waals surface area contributed by atoms with Crippen LogP contribution in [-0.4, -0.2) is 23.3 Å². The van der Waals surface area contributed by atoms with E-state index in [2.05, 4.69) is 5.32 Å². The molecule has 1 aliphatic carbocycles. The zero-order chi connectivity index (χ0) is 22.2. The molecule has 0 saturated carbocycles. The van der Waals surface area contributed by atoms with Crippen molar-refractivity contribution in [3.63, 3.8) is 0 Å². The van der Waals surface area contributed by atoms with Gasteiger partial charge in [-0.15, -0.1) is 0 Å². The van der Waals surface area contributed by atoms with E-state index < -0.39 is 16.8 Å². The summed E-state index contributed by atoms with van der Waals surface area (Å²) in [5.41, 5.74) is 2.09. The number of ketones is 1. The number of rotatable bonds is 5. The first-order valence-electron chi connectivity index (χ1n) is 9.90. The van der Waals surface area contributed by atoms with Crippen LogP contribution in [0.5, 0.6) is 0 Å². The van der Waals surface area contributed by atoms with Gasteiger partial charge in [0.2, 0.25) is 0 Å². The lowest BCUT2D eigenvalue weighted by Crippen LogP contribution is -2.38. The van der Waals surface area contributed by atoms with E-state index in [1.54, 1.807) is 13.0 Å². The summed E-state index contributed by atoms with van der Waals surface area (Å²) < 4.78 is 5.38. The second-order valence-corrected chi connectivity index (χ2v) is 8.94. The molecule has 1 N–H and O–H groups in total. The number of nitro benzene ring substituents is 1. The highest BCUT2D eigenvalue weighted by atomic mass is 35.5. The van der Waals surface area contributed by atoms with Crippen molar-refractivity contribution in [2.45, 2.75) is 52.9 Å². The summed E-state index contributed by atoms with van der Waals surface area (Å²) in [6, 6.07) is 4.40. The van der Waals surface area contributed by atoms with Gasteiger partial charge in [-0.2, -0.15) is 0 Å². The quantitative estimate of drug-likeness (QED) is 0.407. The van der Waals surface area contributed by atoms with Crippen LogP contribution >= 0.6 is 11.6 Å². The number of nitro groups is 1. The lowest BCUT2D eigenvalue weighted by Gasteiger charge is -2.39. The van der Waals surface area contributed by atoms with Crippen molar-refractivity contribution in [3.05, 3.63) is 61.4 Å². The Bertz CT molecular complexity index is 993. The number of ether oxygens (including phenoxy) is 1. The number of carbonyl (C=O) groups excluding carboxylic acids is 2. The van der Waals surface area contributed by atoms with Crippen LogP contribution in [0.4, 0.5) is 5.69 Å². The molecule has 0 bridgehead atoms. The Morgan fingerprint density at radius 3 is 2.70 bits per heavy atom. The lowest BCUT2D eigenvalue weighted by molar-refractivity contribution is -0.384. The van der Waals surface area contributed by atoms with Crippen molar-refractivity contribution in [3.8, 4) is 0 Å². The fraction of sp³-hybridized carbons (Fsp3) is 0.455. The van der Waals surface area contributed by atoms with Gasteiger partial charge >= 0.3 is 5.97 Å². The number of hydrogen-bond acceptors (Lipinski definition) is 6. The Morgan fingerprint density at radius 2 is 2.07 bits per heavy atom. The summed E-state index contributed by atoms with van der Waals surface area (Å²) in [6.45, 7) is 7.93. The number of halogens is 1. The molecular weight excluding hydrogens is 408 g/mol. The molecule has 160 valence electrons. The molecule has 0 aromatic heterocycles. The molecule has 0 amide bonds. The molecule has 1 aliphatic heterocycles. The van der Waals surface area contributed by atoms with Crippen LogP contribution in [0.3, 0.4) is 0 Å². The SMILES string of the molecule is CCCOC(=O)C1=C(C)NC2=C(C(=O)CC(C)(C)C2)[C@@H]1c1ccc(Cl)c([N+](=O)[O-])c1. The van der Waals surface area contributed by atoms with Gasteiger partial charge in [-0.05, 0) is 36.8 Å². The van der Waals surface area contributed by atoms with Crippen molar-refractivity contribution < 1.29 is 19.2 Å². The van der Waals surface area contributed by atoms with E-state index in [0.29, 0.717) is 41.7 Å². The first-order chi connectivity index (χ1) is 14.1. The van der Waals surface area contributed by atoms with E-state index in [-0.39, 0.29) is 28.5 Å². The molecule has 0 saturated heterocycles. The minimum Gasteiger partial charge on any atom is -0.462 e. The average Bonchev–Trinajstić information content (AvgIpc) is 2.64. The summed E-state index contributed by atoms with van der Waals surface area (Å²) in [6.07, 6.45) is 1.62. The summed E-state index contributed by atoms with van der Waals surface area (Å²) >= 11 is 5.99. The monoisotopic (exact) mass is 432 g/mol. The number of allylic oxidation sites excluding steroid dienone is 3. The number of nitrogens with one attached hydrogen (secondary N) is 1. The van der Waals surface area contributed by atoms with Gasteiger partial charge in [-0.3, -0.25) is 14.9 Å². The molecule has 0 spiro atoms. The maximum Gasteiger partial charge on any atom is 0.336 e. The maximum absolute atomic E-state index is 13.2. The molecule has 7 nitrogen and oxygen atoms in total. The second kappa shape index (κ2) is 8.22. The highest BCUT2D eigenvalue weighted by molar-refractivity contribution is 6.32. The van der Waals surface area contributed by atoms with Gasteiger partial charge < -0.3 is 10.1 Å². The number of Topliss-reactive ketones (excluding diaryl/α,β-unsaturated/α-hetero) is 1. The van der Waals surface area contributed by atoms with Gasteiger partial charge in [0.25, 0.3) is 5.69 Å². The molecule has 1 aromatic rings. The molecule has 0 radical (unpaired) electrons. The largest absolute Gasteiger partial charge is 0.462 e. The highest BCUT2D eigenvalue weighted by Crippen LogP contribution is 2.47. The lowest BCUT2D eigenvalue weighted by atomic mass is 9.68. The predicted molar refractivity (Wildman–Crippen MR) is 113 cm³/mol. The third-order valence-electron chi connectivity index (χ3n) is 5.40. The molecular formula is C22H25ClN2O5. The highest BCUT2D eigenvalue weighted by Gasteiger charge is 2.43. The third-order valence-corrected chi connectivity index (χ3v) is 5.72. The molecule has 1 atom stereocenters. The van der Waals surface area contributed by atoms with E-state index in [1.807, 2.05) is 20.8 Å². The molecule has 8 heteroatoms. The van der Waals surface area contributed by atoms with Gasteiger partial charge in [0, 0.05) is 35.4 Å². The normalized spacial score (nSPS) is 20.6. The molecule has 2 aliphatic rings.